The van der Waals surface area contributed by atoms with Crippen molar-refractivity contribution in [3.05, 3.63) is 92.9 Å². The van der Waals surface area contributed by atoms with Crippen LogP contribution in [-0.4, -0.2) is 9.97 Å². The maximum Gasteiger partial charge on any atom is 0.124 e. The lowest BCUT2D eigenvalue weighted by Gasteiger charge is -2.13. The standard InChI is InChI=1S/C22H18BrClFN3O/c23-16-6-8-21(29-13-14-5-7-17(25)10-18(14)24)15(9-16)11-26-12-22-27-19-3-1-2-4-20(19)28-22/h1-10,26H,11-13H2,(H,27,28). The van der Waals surface area contributed by atoms with E-state index in [1.807, 2.05) is 42.5 Å². The van der Waals surface area contributed by atoms with E-state index in [1.54, 1.807) is 6.07 Å². The minimum absolute atomic E-state index is 0.261. The van der Waals surface area contributed by atoms with Gasteiger partial charge in [0.1, 0.15) is 24.0 Å². The third-order valence-corrected chi connectivity index (χ3v) is 5.31. The molecule has 1 aromatic heterocycles. The van der Waals surface area contributed by atoms with Gasteiger partial charge in [-0.05, 0) is 42.5 Å². The maximum absolute atomic E-state index is 13.2. The van der Waals surface area contributed by atoms with Crippen molar-refractivity contribution in [1.29, 1.82) is 0 Å². The molecule has 0 unspecified atom stereocenters. The van der Waals surface area contributed by atoms with Gasteiger partial charge >= 0.3 is 0 Å². The van der Waals surface area contributed by atoms with E-state index < -0.39 is 0 Å². The van der Waals surface area contributed by atoms with Crippen molar-refractivity contribution in [2.75, 3.05) is 0 Å². The van der Waals surface area contributed by atoms with Crippen molar-refractivity contribution in [3.63, 3.8) is 0 Å². The first-order valence-electron chi connectivity index (χ1n) is 9.08. The molecule has 0 aliphatic heterocycles. The van der Waals surface area contributed by atoms with E-state index in [0.717, 1.165) is 38.2 Å². The van der Waals surface area contributed by atoms with Crippen LogP contribution in [-0.2, 0) is 19.7 Å². The third kappa shape index (κ3) is 4.96. The van der Waals surface area contributed by atoms with Crippen LogP contribution in [0.25, 0.3) is 11.0 Å². The van der Waals surface area contributed by atoms with Crippen molar-refractivity contribution in [3.8, 4) is 5.75 Å². The van der Waals surface area contributed by atoms with Gasteiger partial charge in [-0.1, -0.05) is 45.7 Å². The molecule has 0 saturated carbocycles. The van der Waals surface area contributed by atoms with Gasteiger partial charge in [-0.3, -0.25) is 0 Å². The van der Waals surface area contributed by atoms with Crippen LogP contribution >= 0.6 is 27.5 Å². The summed E-state index contributed by atoms with van der Waals surface area (Å²) >= 11 is 9.60. The molecule has 4 nitrogen and oxygen atoms in total. The van der Waals surface area contributed by atoms with Crippen LogP contribution in [0, 0.1) is 5.82 Å². The SMILES string of the molecule is Fc1ccc(COc2ccc(Br)cc2CNCc2nc3ccccc3[nH]2)c(Cl)c1. The summed E-state index contributed by atoms with van der Waals surface area (Å²) in [5.74, 6) is 1.25. The van der Waals surface area contributed by atoms with Crippen LogP contribution in [0.3, 0.4) is 0 Å². The second kappa shape index (κ2) is 8.95. The van der Waals surface area contributed by atoms with Crippen molar-refractivity contribution in [1.82, 2.24) is 15.3 Å². The quantitative estimate of drug-likeness (QED) is 0.346. The molecule has 1 heterocycles. The van der Waals surface area contributed by atoms with Crippen LogP contribution in [0.2, 0.25) is 5.02 Å². The van der Waals surface area contributed by atoms with E-state index in [0.29, 0.717) is 18.1 Å². The fourth-order valence-corrected chi connectivity index (χ4v) is 3.66. The van der Waals surface area contributed by atoms with Gasteiger partial charge in [0.25, 0.3) is 0 Å². The van der Waals surface area contributed by atoms with Crippen molar-refractivity contribution in [2.24, 2.45) is 0 Å². The molecule has 0 fully saturated rings. The normalized spacial score (nSPS) is 11.1. The van der Waals surface area contributed by atoms with Gasteiger partial charge < -0.3 is 15.0 Å². The Morgan fingerprint density at radius 3 is 2.72 bits per heavy atom. The predicted molar refractivity (Wildman–Crippen MR) is 117 cm³/mol. The topological polar surface area (TPSA) is 49.9 Å². The summed E-state index contributed by atoms with van der Waals surface area (Å²) in [6, 6.07) is 18.1. The average molecular weight is 475 g/mol. The molecule has 0 amide bonds. The molecule has 4 aromatic rings. The average Bonchev–Trinajstić information content (AvgIpc) is 3.11. The summed E-state index contributed by atoms with van der Waals surface area (Å²) in [5.41, 5.74) is 3.70. The molecular formula is C22H18BrClFN3O. The molecule has 0 spiro atoms. The van der Waals surface area contributed by atoms with Crippen molar-refractivity contribution < 1.29 is 9.13 Å². The number of ether oxygens (including phenoxy) is 1. The molecular weight excluding hydrogens is 457 g/mol. The molecule has 0 aliphatic rings. The highest BCUT2D eigenvalue weighted by molar-refractivity contribution is 9.10. The lowest BCUT2D eigenvalue weighted by molar-refractivity contribution is 0.302. The van der Waals surface area contributed by atoms with Gasteiger partial charge in [-0.2, -0.15) is 0 Å². The first kappa shape index (κ1) is 19.9. The zero-order valence-corrected chi connectivity index (χ0v) is 17.7. The fraction of sp³-hybridized carbons (Fsp3) is 0.136. The Kier molecular flexibility index (Phi) is 6.13. The Bertz CT molecular complexity index is 1120. The minimum Gasteiger partial charge on any atom is -0.489 e. The van der Waals surface area contributed by atoms with Gasteiger partial charge in [0, 0.05) is 22.1 Å². The molecule has 0 radical (unpaired) electrons. The van der Waals surface area contributed by atoms with E-state index in [2.05, 4.69) is 31.2 Å². The lowest BCUT2D eigenvalue weighted by atomic mass is 10.2. The van der Waals surface area contributed by atoms with Crippen LogP contribution in [0.5, 0.6) is 5.75 Å². The smallest absolute Gasteiger partial charge is 0.124 e. The van der Waals surface area contributed by atoms with Crippen molar-refractivity contribution in [2.45, 2.75) is 19.7 Å². The van der Waals surface area contributed by atoms with E-state index in [9.17, 15) is 4.39 Å². The predicted octanol–water partition coefficient (Wildman–Crippen LogP) is 5.99. The molecule has 0 aliphatic carbocycles. The summed E-state index contributed by atoms with van der Waals surface area (Å²) in [7, 11) is 0. The Morgan fingerprint density at radius 1 is 1.03 bits per heavy atom. The summed E-state index contributed by atoms with van der Waals surface area (Å²) in [4.78, 5) is 7.88. The lowest BCUT2D eigenvalue weighted by Crippen LogP contribution is -2.14. The summed E-state index contributed by atoms with van der Waals surface area (Å²) in [5, 5.41) is 3.75. The summed E-state index contributed by atoms with van der Waals surface area (Å²) in [6.45, 7) is 1.46. The number of hydrogen-bond donors (Lipinski definition) is 2. The molecule has 29 heavy (non-hydrogen) atoms. The van der Waals surface area contributed by atoms with E-state index in [1.165, 1.54) is 12.1 Å². The molecule has 2 N–H and O–H groups in total. The van der Waals surface area contributed by atoms with Gasteiger partial charge in [0.15, 0.2) is 0 Å². The fourth-order valence-electron chi connectivity index (χ4n) is 3.03. The highest BCUT2D eigenvalue weighted by Crippen LogP contribution is 2.26. The number of fused-ring (bicyclic) bond motifs is 1. The summed E-state index contributed by atoms with van der Waals surface area (Å²) < 4.78 is 20.1. The number of nitrogens with one attached hydrogen (secondary N) is 2. The van der Waals surface area contributed by atoms with Crippen LogP contribution < -0.4 is 10.1 Å². The van der Waals surface area contributed by atoms with Crippen LogP contribution in [0.15, 0.2) is 65.1 Å². The van der Waals surface area contributed by atoms with Crippen LogP contribution in [0.1, 0.15) is 17.0 Å². The number of para-hydroxylation sites is 2. The number of H-pyrrole nitrogens is 1. The van der Waals surface area contributed by atoms with Gasteiger partial charge in [-0.15, -0.1) is 0 Å². The third-order valence-electron chi connectivity index (χ3n) is 4.47. The minimum atomic E-state index is -0.363. The van der Waals surface area contributed by atoms with Gasteiger partial charge in [-0.25, -0.2) is 9.37 Å². The monoisotopic (exact) mass is 473 g/mol. The van der Waals surface area contributed by atoms with E-state index in [4.69, 9.17) is 16.3 Å². The molecule has 4 rings (SSSR count). The highest BCUT2D eigenvalue weighted by atomic mass is 79.9. The number of nitrogens with zero attached hydrogens (tertiary/aromatic N) is 1. The molecule has 0 atom stereocenters. The molecule has 148 valence electrons. The number of rotatable bonds is 7. The zero-order chi connectivity index (χ0) is 20.2. The first-order valence-corrected chi connectivity index (χ1v) is 10.2. The Balaban J connectivity index is 1.42. The Morgan fingerprint density at radius 2 is 1.90 bits per heavy atom. The number of aromatic nitrogens is 2. The molecule has 0 bridgehead atoms. The highest BCUT2D eigenvalue weighted by Gasteiger charge is 2.09. The number of imidazole rings is 1. The number of hydrogen-bond acceptors (Lipinski definition) is 3. The largest absolute Gasteiger partial charge is 0.489 e. The Labute approximate surface area is 181 Å². The zero-order valence-electron chi connectivity index (χ0n) is 15.4. The maximum atomic E-state index is 13.2. The molecule has 7 heteroatoms. The summed E-state index contributed by atoms with van der Waals surface area (Å²) in [6.07, 6.45) is 0. The van der Waals surface area contributed by atoms with Gasteiger partial charge in [0.05, 0.1) is 22.6 Å². The number of benzene rings is 3. The van der Waals surface area contributed by atoms with E-state index in [-0.39, 0.29) is 12.4 Å². The number of aromatic amines is 1. The molecule has 0 saturated heterocycles. The second-order valence-corrected chi connectivity index (χ2v) is 7.90. The van der Waals surface area contributed by atoms with Gasteiger partial charge in [0.2, 0.25) is 0 Å². The van der Waals surface area contributed by atoms with Crippen molar-refractivity contribution >= 4 is 38.6 Å². The van der Waals surface area contributed by atoms with E-state index >= 15 is 0 Å². The Hall–Kier alpha value is -2.41. The number of halogens is 3. The van der Waals surface area contributed by atoms with Crippen LogP contribution in [0.4, 0.5) is 4.39 Å². The molecule has 3 aromatic carbocycles. The first-order chi connectivity index (χ1) is 14.1. The second-order valence-electron chi connectivity index (χ2n) is 6.58.